The van der Waals surface area contributed by atoms with Gasteiger partial charge in [-0.05, 0) is 36.4 Å². The lowest BCUT2D eigenvalue weighted by Crippen LogP contribution is -2.16. The first kappa shape index (κ1) is 13.3. The third kappa shape index (κ3) is 2.91. The van der Waals surface area contributed by atoms with Crippen LogP contribution in [0, 0.1) is 0 Å². The van der Waals surface area contributed by atoms with E-state index in [1.807, 2.05) is 19.2 Å². The molecule has 1 heterocycles. The number of ether oxygens (including phenoxy) is 2. The SMILES string of the molecule is CNc1ccc(C(=O)Nc2ccc3c(c2)OCCO3)cc1. The summed E-state index contributed by atoms with van der Waals surface area (Å²) in [4.78, 5) is 12.2. The molecule has 1 amide bonds. The Labute approximate surface area is 122 Å². The fourth-order valence-corrected chi connectivity index (χ4v) is 2.11. The van der Waals surface area contributed by atoms with E-state index in [1.54, 1.807) is 30.3 Å². The first-order valence-electron chi connectivity index (χ1n) is 6.75. The van der Waals surface area contributed by atoms with Gasteiger partial charge in [0.1, 0.15) is 13.2 Å². The first-order chi connectivity index (χ1) is 10.3. The van der Waals surface area contributed by atoms with Crippen LogP contribution in [0.3, 0.4) is 0 Å². The fourth-order valence-electron chi connectivity index (χ4n) is 2.11. The van der Waals surface area contributed by atoms with Crippen molar-refractivity contribution in [2.45, 2.75) is 0 Å². The Kier molecular flexibility index (Phi) is 3.64. The third-order valence-electron chi connectivity index (χ3n) is 3.24. The second-order valence-electron chi connectivity index (χ2n) is 4.64. The van der Waals surface area contributed by atoms with Crippen LogP contribution in [0.1, 0.15) is 10.4 Å². The zero-order chi connectivity index (χ0) is 14.7. The highest BCUT2D eigenvalue weighted by Gasteiger charge is 2.13. The number of fused-ring (bicyclic) bond motifs is 1. The van der Waals surface area contributed by atoms with Gasteiger partial charge in [-0.25, -0.2) is 0 Å². The smallest absolute Gasteiger partial charge is 0.255 e. The standard InChI is InChI=1S/C16H16N2O3/c1-17-12-4-2-11(3-5-12)16(19)18-13-6-7-14-15(10-13)21-9-8-20-14/h2-7,10,17H,8-9H2,1H3,(H,18,19). The van der Waals surface area contributed by atoms with Crippen molar-refractivity contribution in [3.63, 3.8) is 0 Å². The first-order valence-corrected chi connectivity index (χ1v) is 6.75. The van der Waals surface area contributed by atoms with E-state index in [1.165, 1.54) is 0 Å². The number of carbonyl (C=O) groups is 1. The molecule has 0 bridgehead atoms. The van der Waals surface area contributed by atoms with E-state index in [2.05, 4.69) is 10.6 Å². The van der Waals surface area contributed by atoms with Gasteiger partial charge in [0, 0.05) is 30.1 Å². The van der Waals surface area contributed by atoms with Crippen molar-refractivity contribution in [1.82, 2.24) is 0 Å². The Bertz CT molecular complexity index is 653. The minimum Gasteiger partial charge on any atom is -0.486 e. The van der Waals surface area contributed by atoms with E-state index >= 15 is 0 Å². The van der Waals surface area contributed by atoms with Gasteiger partial charge in [0.2, 0.25) is 0 Å². The average molecular weight is 284 g/mol. The maximum absolute atomic E-state index is 12.2. The summed E-state index contributed by atoms with van der Waals surface area (Å²) in [6.07, 6.45) is 0. The minimum absolute atomic E-state index is 0.158. The summed E-state index contributed by atoms with van der Waals surface area (Å²) < 4.78 is 10.9. The van der Waals surface area contributed by atoms with Crippen LogP contribution in [-0.4, -0.2) is 26.2 Å². The molecule has 0 fully saturated rings. The molecular formula is C16H16N2O3. The Morgan fingerprint density at radius 3 is 2.33 bits per heavy atom. The summed E-state index contributed by atoms with van der Waals surface area (Å²) in [6, 6.07) is 12.6. The number of nitrogens with one attached hydrogen (secondary N) is 2. The highest BCUT2D eigenvalue weighted by Crippen LogP contribution is 2.32. The van der Waals surface area contributed by atoms with E-state index in [4.69, 9.17) is 9.47 Å². The van der Waals surface area contributed by atoms with Crippen LogP contribution in [0.4, 0.5) is 11.4 Å². The molecule has 0 atom stereocenters. The van der Waals surface area contributed by atoms with Gasteiger partial charge in [-0.2, -0.15) is 0 Å². The second-order valence-corrected chi connectivity index (χ2v) is 4.64. The monoisotopic (exact) mass is 284 g/mol. The molecule has 0 spiro atoms. The normalized spacial score (nSPS) is 12.6. The highest BCUT2D eigenvalue weighted by atomic mass is 16.6. The van der Waals surface area contributed by atoms with E-state index in [9.17, 15) is 4.79 Å². The van der Waals surface area contributed by atoms with Gasteiger partial charge in [0.25, 0.3) is 5.91 Å². The predicted molar refractivity (Wildman–Crippen MR) is 81.4 cm³/mol. The van der Waals surface area contributed by atoms with Crippen LogP contribution in [0.25, 0.3) is 0 Å². The Hall–Kier alpha value is -2.69. The molecule has 2 aromatic rings. The lowest BCUT2D eigenvalue weighted by Gasteiger charge is -2.19. The number of anilines is 2. The van der Waals surface area contributed by atoms with Crippen LogP contribution >= 0.6 is 0 Å². The third-order valence-corrected chi connectivity index (χ3v) is 3.24. The predicted octanol–water partition coefficient (Wildman–Crippen LogP) is 2.75. The molecule has 0 unspecified atom stereocenters. The van der Waals surface area contributed by atoms with Crippen molar-refractivity contribution in [2.75, 3.05) is 30.9 Å². The van der Waals surface area contributed by atoms with Crippen molar-refractivity contribution >= 4 is 17.3 Å². The molecule has 1 aliphatic heterocycles. The lowest BCUT2D eigenvalue weighted by atomic mass is 10.2. The molecule has 2 aromatic carbocycles. The van der Waals surface area contributed by atoms with Gasteiger partial charge >= 0.3 is 0 Å². The number of carbonyl (C=O) groups excluding carboxylic acids is 1. The van der Waals surface area contributed by atoms with Gasteiger partial charge in [0.15, 0.2) is 11.5 Å². The van der Waals surface area contributed by atoms with Gasteiger partial charge < -0.3 is 20.1 Å². The molecule has 0 aromatic heterocycles. The summed E-state index contributed by atoms with van der Waals surface area (Å²) >= 11 is 0. The van der Waals surface area contributed by atoms with Gasteiger partial charge in [-0.15, -0.1) is 0 Å². The lowest BCUT2D eigenvalue weighted by molar-refractivity contribution is 0.102. The minimum atomic E-state index is -0.158. The highest BCUT2D eigenvalue weighted by molar-refractivity contribution is 6.04. The van der Waals surface area contributed by atoms with Crippen LogP contribution in [0.15, 0.2) is 42.5 Å². The molecule has 21 heavy (non-hydrogen) atoms. The number of amides is 1. The number of benzene rings is 2. The van der Waals surface area contributed by atoms with Crippen molar-refractivity contribution in [1.29, 1.82) is 0 Å². The topological polar surface area (TPSA) is 59.6 Å². The molecule has 0 aliphatic carbocycles. The van der Waals surface area contributed by atoms with Crippen LogP contribution < -0.4 is 20.1 Å². The Balaban J connectivity index is 1.74. The van der Waals surface area contributed by atoms with E-state index < -0.39 is 0 Å². The quantitative estimate of drug-likeness (QED) is 0.910. The molecular weight excluding hydrogens is 268 g/mol. The van der Waals surface area contributed by atoms with Crippen molar-refractivity contribution in [2.24, 2.45) is 0 Å². The number of rotatable bonds is 3. The second kappa shape index (κ2) is 5.75. The number of hydrogen-bond donors (Lipinski definition) is 2. The molecule has 108 valence electrons. The maximum atomic E-state index is 12.2. The van der Waals surface area contributed by atoms with Crippen LogP contribution in [-0.2, 0) is 0 Å². The Morgan fingerprint density at radius 1 is 0.952 bits per heavy atom. The Morgan fingerprint density at radius 2 is 1.62 bits per heavy atom. The van der Waals surface area contributed by atoms with Crippen LogP contribution in [0.2, 0.25) is 0 Å². The molecule has 3 rings (SSSR count). The van der Waals surface area contributed by atoms with Crippen molar-refractivity contribution < 1.29 is 14.3 Å². The van der Waals surface area contributed by atoms with E-state index in [-0.39, 0.29) is 5.91 Å². The van der Waals surface area contributed by atoms with Crippen molar-refractivity contribution in [3.8, 4) is 11.5 Å². The summed E-state index contributed by atoms with van der Waals surface area (Å²) in [5.41, 5.74) is 2.25. The summed E-state index contributed by atoms with van der Waals surface area (Å²) in [5.74, 6) is 1.21. The van der Waals surface area contributed by atoms with E-state index in [0.29, 0.717) is 36.0 Å². The molecule has 0 saturated carbocycles. The summed E-state index contributed by atoms with van der Waals surface area (Å²) in [7, 11) is 1.84. The van der Waals surface area contributed by atoms with Crippen LogP contribution in [0.5, 0.6) is 11.5 Å². The fraction of sp³-hybridized carbons (Fsp3) is 0.188. The molecule has 2 N–H and O–H groups in total. The molecule has 5 nitrogen and oxygen atoms in total. The van der Waals surface area contributed by atoms with Gasteiger partial charge in [-0.1, -0.05) is 0 Å². The van der Waals surface area contributed by atoms with Crippen molar-refractivity contribution in [3.05, 3.63) is 48.0 Å². The molecule has 0 radical (unpaired) electrons. The zero-order valence-corrected chi connectivity index (χ0v) is 11.7. The summed E-state index contributed by atoms with van der Waals surface area (Å²) in [6.45, 7) is 1.08. The van der Waals surface area contributed by atoms with E-state index in [0.717, 1.165) is 5.69 Å². The van der Waals surface area contributed by atoms with Gasteiger partial charge in [0.05, 0.1) is 0 Å². The number of hydrogen-bond acceptors (Lipinski definition) is 4. The summed E-state index contributed by atoms with van der Waals surface area (Å²) in [5, 5.41) is 5.87. The molecule has 1 aliphatic rings. The zero-order valence-electron chi connectivity index (χ0n) is 11.7. The largest absolute Gasteiger partial charge is 0.486 e. The van der Waals surface area contributed by atoms with Gasteiger partial charge in [-0.3, -0.25) is 4.79 Å². The molecule has 5 heteroatoms. The molecule has 0 saturated heterocycles. The average Bonchev–Trinajstić information content (AvgIpc) is 2.55. The maximum Gasteiger partial charge on any atom is 0.255 e.